The van der Waals surface area contributed by atoms with Gasteiger partial charge < -0.3 is 29.2 Å². The zero-order valence-corrected chi connectivity index (χ0v) is 28.0. The molecule has 2 amide bonds. The van der Waals surface area contributed by atoms with Crippen LogP contribution in [0.2, 0.25) is 0 Å². The second-order valence-corrected chi connectivity index (χ2v) is 12.1. The van der Waals surface area contributed by atoms with Crippen LogP contribution in [-0.4, -0.2) is 44.4 Å². The largest absolute Gasteiger partial charge is 0.497 e. The monoisotopic (exact) mass is 678 g/mol. The lowest BCUT2D eigenvalue weighted by Gasteiger charge is -2.43. The van der Waals surface area contributed by atoms with E-state index in [1.807, 2.05) is 6.07 Å². The van der Waals surface area contributed by atoms with Crippen LogP contribution in [-0.2, 0) is 42.6 Å². The fourth-order valence-corrected chi connectivity index (χ4v) is 6.73. The van der Waals surface area contributed by atoms with E-state index in [0.717, 1.165) is 0 Å². The molecule has 250 valence electrons. The number of likely N-dealkylation sites (N-methyl/N-ethyl adjacent to an activating group) is 1. The number of amides is 2. The number of nitrogens with one attached hydrogen (secondary N) is 1. The van der Waals surface area contributed by atoms with E-state index in [2.05, 4.69) is 11.2 Å². The van der Waals surface area contributed by atoms with Crippen molar-refractivity contribution < 1.29 is 38.1 Å². The van der Waals surface area contributed by atoms with E-state index in [4.69, 9.17) is 25.4 Å². The van der Waals surface area contributed by atoms with Crippen molar-refractivity contribution in [3.8, 4) is 23.8 Å². The number of esters is 1. The molecule has 4 aromatic rings. The van der Waals surface area contributed by atoms with Crippen molar-refractivity contribution in [3.05, 3.63) is 120 Å². The molecular weight excluding hydrogens is 644 g/mol. The van der Waals surface area contributed by atoms with Crippen LogP contribution in [0.5, 0.6) is 11.5 Å². The fourth-order valence-electron chi connectivity index (χ4n) is 5.76. The molecule has 0 fully saturated rings. The van der Waals surface area contributed by atoms with Gasteiger partial charge in [0.1, 0.15) is 24.7 Å². The average molecular weight is 679 g/mol. The number of fused-ring (bicyclic) bond motifs is 1. The number of anilines is 1. The molecule has 2 unspecified atom stereocenters. The quantitative estimate of drug-likeness (QED) is 0.0849. The Morgan fingerprint density at radius 3 is 2.02 bits per heavy atom. The predicted molar refractivity (Wildman–Crippen MR) is 184 cm³/mol. The number of para-hydroxylation sites is 1. The van der Waals surface area contributed by atoms with Gasteiger partial charge in [0.15, 0.2) is 11.0 Å². The van der Waals surface area contributed by atoms with Gasteiger partial charge in [0, 0.05) is 29.6 Å². The summed E-state index contributed by atoms with van der Waals surface area (Å²) >= 11 is 0.695. The molecule has 2 atom stereocenters. The van der Waals surface area contributed by atoms with Gasteiger partial charge in [-0.3, -0.25) is 14.4 Å². The second-order valence-electron chi connectivity index (χ2n) is 11.1. The Morgan fingerprint density at radius 2 is 1.39 bits per heavy atom. The Labute approximate surface area is 288 Å². The normalized spacial score (nSPS) is 16.0. The molecule has 0 spiro atoms. The Kier molecular flexibility index (Phi) is 10.6. The minimum Gasteiger partial charge on any atom is -0.497 e. The van der Waals surface area contributed by atoms with E-state index in [-0.39, 0.29) is 18.8 Å². The lowest BCUT2D eigenvalue weighted by Crippen LogP contribution is -2.67. The molecule has 4 aromatic carbocycles. The maximum Gasteiger partial charge on any atom is 0.408 e. The van der Waals surface area contributed by atoms with Crippen LogP contribution in [0.15, 0.2) is 108 Å². The molecule has 0 bridgehead atoms. The van der Waals surface area contributed by atoms with Crippen molar-refractivity contribution in [3.63, 3.8) is 0 Å². The molecular formula is C38H34N2O8S. The summed E-state index contributed by atoms with van der Waals surface area (Å²) in [5.41, 5.74) is -3.04. The Hall–Kier alpha value is -5.73. The number of methoxy groups -OCH3 is 2. The maximum absolute atomic E-state index is 14.9. The molecule has 49 heavy (non-hydrogen) atoms. The highest BCUT2D eigenvalue weighted by Gasteiger charge is 2.71. The van der Waals surface area contributed by atoms with Gasteiger partial charge in [0.2, 0.25) is 5.12 Å². The molecule has 0 saturated heterocycles. The van der Waals surface area contributed by atoms with Crippen molar-refractivity contribution in [1.29, 1.82) is 0 Å². The summed E-state index contributed by atoms with van der Waals surface area (Å²) in [5.74, 6) is 1.72. The van der Waals surface area contributed by atoms with E-state index in [9.17, 15) is 19.2 Å². The smallest absolute Gasteiger partial charge is 0.408 e. The highest BCUT2D eigenvalue weighted by Crippen LogP contribution is 2.55. The lowest BCUT2D eigenvalue weighted by atomic mass is 9.64. The third kappa shape index (κ3) is 6.68. The van der Waals surface area contributed by atoms with Crippen LogP contribution in [0.25, 0.3) is 0 Å². The van der Waals surface area contributed by atoms with Crippen molar-refractivity contribution in [2.75, 3.05) is 26.2 Å². The summed E-state index contributed by atoms with van der Waals surface area (Å²) in [5, 5.41) is 1.86. The summed E-state index contributed by atoms with van der Waals surface area (Å²) in [4.78, 5) is 59.8. The van der Waals surface area contributed by atoms with Gasteiger partial charge in [0.25, 0.3) is 5.91 Å². The molecule has 1 heterocycles. The van der Waals surface area contributed by atoms with Crippen molar-refractivity contribution in [1.82, 2.24) is 5.32 Å². The Bertz CT molecular complexity index is 1870. The van der Waals surface area contributed by atoms with Gasteiger partial charge in [0.05, 0.1) is 14.2 Å². The molecule has 1 aliphatic heterocycles. The molecule has 1 N–H and O–H groups in total. The molecule has 11 heteroatoms. The Morgan fingerprint density at radius 1 is 0.816 bits per heavy atom. The first-order chi connectivity index (χ1) is 23.7. The number of ether oxygens (including phenoxy) is 4. The highest BCUT2D eigenvalue weighted by atomic mass is 32.2. The number of terminal acetylenes is 1. The summed E-state index contributed by atoms with van der Waals surface area (Å²) in [6, 6.07) is 28.8. The average Bonchev–Trinajstić information content (AvgIpc) is 3.35. The van der Waals surface area contributed by atoms with Crippen molar-refractivity contribution in [2.45, 2.75) is 30.1 Å². The van der Waals surface area contributed by atoms with Crippen LogP contribution < -0.4 is 19.7 Å². The Balaban J connectivity index is 1.65. The summed E-state index contributed by atoms with van der Waals surface area (Å²) in [7, 11) is 4.53. The first-order valence-electron chi connectivity index (χ1n) is 15.2. The minimum atomic E-state index is -2.48. The van der Waals surface area contributed by atoms with Gasteiger partial charge in [-0.15, -0.1) is 12.3 Å². The van der Waals surface area contributed by atoms with Crippen LogP contribution in [0, 0.1) is 17.8 Å². The van der Waals surface area contributed by atoms with Gasteiger partial charge in [-0.1, -0.05) is 72.4 Å². The number of alkyl carbamates (subject to hydrolysis) is 1. The minimum absolute atomic E-state index is 0.146. The summed E-state index contributed by atoms with van der Waals surface area (Å²) < 4.78 is 21.9. The van der Waals surface area contributed by atoms with Crippen LogP contribution in [0.3, 0.4) is 0 Å². The highest BCUT2D eigenvalue weighted by molar-refractivity contribution is 8.13. The van der Waals surface area contributed by atoms with Gasteiger partial charge >= 0.3 is 12.1 Å². The van der Waals surface area contributed by atoms with Gasteiger partial charge in [-0.05, 0) is 53.6 Å². The van der Waals surface area contributed by atoms with Crippen molar-refractivity contribution in [2.24, 2.45) is 5.41 Å². The van der Waals surface area contributed by atoms with E-state index in [1.54, 1.807) is 97.1 Å². The molecule has 0 radical (unpaired) electrons. The van der Waals surface area contributed by atoms with Gasteiger partial charge in [-0.25, -0.2) is 4.79 Å². The standard InChI is InChI=1S/C38H34N2O8S/c1-5-23-37(35(43)49-30-21-19-29(46-4)20-22-30,34(42)47-24-27-15-17-28(45-3)18-16-27)38(31-13-9-10-14-32(31)40(2)33(38)41)39-36(44)48-25-26-11-7-6-8-12-26/h1,6-22H,23-25H2,2-4H3,(H,39,44). The first-order valence-corrected chi connectivity index (χ1v) is 16.0. The van der Waals surface area contributed by atoms with E-state index >= 15 is 0 Å². The number of nitrogens with zero attached hydrogens (tertiary/aromatic N) is 1. The number of carbonyl (C=O) groups excluding carboxylic acids is 4. The van der Waals surface area contributed by atoms with Gasteiger partial charge in [-0.2, -0.15) is 0 Å². The molecule has 0 aliphatic carbocycles. The summed E-state index contributed by atoms with van der Waals surface area (Å²) in [6.45, 7) is -0.414. The molecule has 0 saturated carbocycles. The number of thioether (sulfide) groups is 1. The number of rotatable bonds is 12. The van der Waals surface area contributed by atoms with Crippen LogP contribution in [0.1, 0.15) is 23.1 Å². The van der Waals surface area contributed by atoms with E-state index < -0.39 is 40.5 Å². The maximum atomic E-state index is 14.9. The van der Waals surface area contributed by atoms with Crippen molar-refractivity contribution >= 4 is 40.5 Å². The predicted octanol–water partition coefficient (Wildman–Crippen LogP) is 5.87. The van der Waals surface area contributed by atoms with E-state index in [0.29, 0.717) is 45.0 Å². The SMILES string of the molecule is C#CCC(C(=O)OCc1ccc(OC)cc1)(C(=O)Sc1ccc(OC)cc1)C1(NC(=O)OCc2ccccc2)C(=O)N(C)c2ccccc21. The zero-order chi connectivity index (χ0) is 35.0. The molecule has 0 aromatic heterocycles. The number of benzene rings is 4. The first kappa shape index (κ1) is 34.6. The summed E-state index contributed by atoms with van der Waals surface area (Å²) in [6.07, 6.45) is 4.28. The number of hydrogen-bond donors (Lipinski definition) is 1. The second kappa shape index (κ2) is 15.0. The molecule has 1 aliphatic rings. The fraction of sp³-hybridized carbons (Fsp3) is 0.211. The topological polar surface area (TPSA) is 120 Å². The lowest BCUT2D eigenvalue weighted by molar-refractivity contribution is -0.168. The van der Waals surface area contributed by atoms with Crippen LogP contribution >= 0.6 is 11.8 Å². The third-order valence-electron chi connectivity index (χ3n) is 8.30. The number of hydrogen-bond acceptors (Lipinski definition) is 9. The number of carbonyl (C=O) groups is 4. The third-order valence-corrected chi connectivity index (χ3v) is 9.34. The molecule has 10 nitrogen and oxygen atoms in total. The van der Waals surface area contributed by atoms with Crippen LogP contribution in [0.4, 0.5) is 10.5 Å². The molecule has 5 rings (SSSR count). The zero-order valence-electron chi connectivity index (χ0n) is 27.1. The van der Waals surface area contributed by atoms with E-state index in [1.165, 1.54) is 26.2 Å².